The van der Waals surface area contributed by atoms with Crippen LogP contribution in [0.1, 0.15) is 0 Å². The fourth-order valence-corrected chi connectivity index (χ4v) is 3.69. The average molecular weight is 369 g/mol. The van der Waals surface area contributed by atoms with Gasteiger partial charge in [0.15, 0.2) is 0 Å². The molecule has 6 heteroatoms. The van der Waals surface area contributed by atoms with Gasteiger partial charge in [0.2, 0.25) is 0 Å². The van der Waals surface area contributed by atoms with Crippen LogP contribution < -0.4 is 14.2 Å². The van der Waals surface area contributed by atoms with Gasteiger partial charge in [-0.3, -0.25) is 4.72 Å². The third-order valence-corrected chi connectivity index (χ3v) is 5.27. The summed E-state index contributed by atoms with van der Waals surface area (Å²) < 4.78 is 38.6. The van der Waals surface area contributed by atoms with Gasteiger partial charge in [0.05, 0.1) is 24.8 Å². The van der Waals surface area contributed by atoms with E-state index in [1.165, 1.54) is 0 Å². The number of rotatable bonds is 6. The molecule has 0 spiro atoms. The number of methoxy groups -OCH3 is 2. The van der Waals surface area contributed by atoms with Gasteiger partial charge in [-0.25, -0.2) is 8.42 Å². The van der Waals surface area contributed by atoms with Crippen molar-refractivity contribution >= 4 is 15.7 Å². The summed E-state index contributed by atoms with van der Waals surface area (Å²) in [4.78, 5) is 0.207. The van der Waals surface area contributed by atoms with E-state index in [0.29, 0.717) is 17.2 Å². The Morgan fingerprint density at radius 3 is 1.96 bits per heavy atom. The van der Waals surface area contributed by atoms with Crippen LogP contribution in [-0.2, 0) is 10.0 Å². The highest BCUT2D eigenvalue weighted by atomic mass is 32.2. The van der Waals surface area contributed by atoms with Crippen molar-refractivity contribution in [2.45, 2.75) is 4.90 Å². The van der Waals surface area contributed by atoms with Crippen LogP contribution in [0.15, 0.2) is 77.7 Å². The first kappa shape index (κ1) is 17.8. The second-order valence-electron chi connectivity index (χ2n) is 5.57. The Morgan fingerprint density at radius 1 is 0.769 bits per heavy atom. The van der Waals surface area contributed by atoms with Gasteiger partial charge in [-0.05, 0) is 35.9 Å². The van der Waals surface area contributed by atoms with E-state index in [-0.39, 0.29) is 4.90 Å². The molecule has 5 nitrogen and oxygen atoms in total. The monoisotopic (exact) mass is 369 g/mol. The molecule has 0 fully saturated rings. The Labute approximate surface area is 153 Å². The molecule has 0 unspecified atom stereocenters. The van der Waals surface area contributed by atoms with Gasteiger partial charge < -0.3 is 9.47 Å². The normalized spacial score (nSPS) is 11.0. The van der Waals surface area contributed by atoms with Crippen LogP contribution in [0, 0.1) is 0 Å². The molecule has 0 aliphatic heterocycles. The van der Waals surface area contributed by atoms with Crippen molar-refractivity contribution in [3.63, 3.8) is 0 Å². The summed E-state index contributed by atoms with van der Waals surface area (Å²) in [6.45, 7) is 0. The SMILES string of the molecule is COc1cc(OC)cc(-c2ccccc2NS(=O)(=O)c2ccccc2)c1. The maximum atomic E-state index is 12.7. The summed E-state index contributed by atoms with van der Waals surface area (Å²) in [6.07, 6.45) is 0. The second-order valence-corrected chi connectivity index (χ2v) is 7.25. The Bertz CT molecular complexity index is 979. The summed E-state index contributed by atoms with van der Waals surface area (Å²) in [5.74, 6) is 1.25. The predicted molar refractivity (Wildman–Crippen MR) is 102 cm³/mol. The van der Waals surface area contributed by atoms with E-state index in [1.807, 2.05) is 24.3 Å². The van der Waals surface area contributed by atoms with E-state index < -0.39 is 10.0 Å². The summed E-state index contributed by atoms with van der Waals surface area (Å²) in [5, 5.41) is 0. The van der Waals surface area contributed by atoms with Crippen LogP contribution in [0.25, 0.3) is 11.1 Å². The van der Waals surface area contributed by atoms with E-state index in [2.05, 4.69) is 4.72 Å². The Kier molecular flexibility index (Phi) is 5.14. The molecule has 0 heterocycles. The number of hydrogen-bond donors (Lipinski definition) is 1. The first-order valence-electron chi connectivity index (χ1n) is 7.94. The van der Waals surface area contributed by atoms with E-state index in [4.69, 9.17) is 9.47 Å². The standard InChI is InChI=1S/C20H19NO4S/c1-24-16-12-15(13-17(14-16)25-2)19-10-6-7-11-20(19)21-26(22,23)18-8-4-3-5-9-18/h3-14,21H,1-2H3. The third kappa shape index (κ3) is 3.81. The van der Waals surface area contributed by atoms with Gasteiger partial charge in [-0.1, -0.05) is 36.4 Å². The minimum atomic E-state index is -3.69. The van der Waals surface area contributed by atoms with Gasteiger partial charge in [0.1, 0.15) is 11.5 Å². The van der Waals surface area contributed by atoms with Crippen molar-refractivity contribution in [3.05, 3.63) is 72.8 Å². The molecule has 0 aliphatic carbocycles. The Hall–Kier alpha value is -2.99. The van der Waals surface area contributed by atoms with Gasteiger partial charge in [0, 0.05) is 11.6 Å². The number of ether oxygens (including phenoxy) is 2. The smallest absolute Gasteiger partial charge is 0.261 e. The van der Waals surface area contributed by atoms with Gasteiger partial charge in [-0.15, -0.1) is 0 Å². The van der Waals surface area contributed by atoms with E-state index in [1.54, 1.807) is 62.8 Å². The fourth-order valence-electron chi connectivity index (χ4n) is 2.59. The van der Waals surface area contributed by atoms with Crippen LogP contribution in [-0.4, -0.2) is 22.6 Å². The third-order valence-electron chi connectivity index (χ3n) is 3.89. The van der Waals surface area contributed by atoms with Crippen molar-refractivity contribution in [2.24, 2.45) is 0 Å². The Balaban J connectivity index is 2.05. The van der Waals surface area contributed by atoms with Crippen molar-refractivity contribution < 1.29 is 17.9 Å². The molecule has 0 amide bonds. The molecule has 1 N–H and O–H groups in total. The van der Waals surface area contributed by atoms with Crippen molar-refractivity contribution in [3.8, 4) is 22.6 Å². The largest absolute Gasteiger partial charge is 0.497 e. The molecule has 26 heavy (non-hydrogen) atoms. The van der Waals surface area contributed by atoms with Crippen molar-refractivity contribution in [2.75, 3.05) is 18.9 Å². The molecule has 0 saturated heterocycles. The molecule has 0 atom stereocenters. The van der Waals surface area contributed by atoms with Crippen LogP contribution in [0.4, 0.5) is 5.69 Å². The lowest BCUT2D eigenvalue weighted by Gasteiger charge is -2.14. The van der Waals surface area contributed by atoms with Gasteiger partial charge in [-0.2, -0.15) is 0 Å². The minimum absolute atomic E-state index is 0.207. The molecule has 134 valence electrons. The first-order chi connectivity index (χ1) is 12.5. The second kappa shape index (κ2) is 7.49. The molecular weight excluding hydrogens is 350 g/mol. The zero-order valence-electron chi connectivity index (χ0n) is 14.5. The van der Waals surface area contributed by atoms with Crippen LogP contribution in [0.3, 0.4) is 0 Å². The topological polar surface area (TPSA) is 64.6 Å². The number of benzene rings is 3. The van der Waals surface area contributed by atoms with Gasteiger partial charge in [0.25, 0.3) is 10.0 Å². The number of nitrogens with one attached hydrogen (secondary N) is 1. The van der Waals surface area contributed by atoms with Crippen LogP contribution >= 0.6 is 0 Å². The maximum Gasteiger partial charge on any atom is 0.261 e. The highest BCUT2D eigenvalue weighted by molar-refractivity contribution is 7.92. The summed E-state index contributed by atoms with van der Waals surface area (Å²) >= 11 is 0. The number of sulfonamides is 1. The lowest BCUT2D eigenvalue weighted by atomic mass is 10.0. The fraction of sp³-hybridized carbons (Fsp3) is 0.100. The average Bonchev–Trinajstić information content (AvgIpc) is 2.68. The minimum Gasteiger partial charge on any atom is -0.497 e. The Morgan fingerprint density at radius 2 is 1.35 bits per heavy atom. The zero-order chi connectivity index (χ0) is 18.6. The highest BCUT2D eigenvalue weighted by Gasteiger charge is 2.16. The molecule has 3 rings (SSSR count). The summed E-state index contributed by atoms with van der Waals surface area (Å²) in [6, 6.07) is 20.9. The quantitative estimate of drug-likeness (QED) is 0.708. The highest BCUT2D eigenvalue weighted by Crippen LogP contribution is 2.34. The first-order valence-corrected chi connectivity index (χ1v) is 9.42. The molecule has 0 saturated carbocycles. The lowest BCUT2D eigenvalue weighted by molar-refractivity contribution is 0.394. The summed E-state index contributed by atoms with van der Waals surface area (Å²) in [7, 11) is -0.544. The molecule has 3 aromatic carbocycles. The molecule has 0 radical (unpaired) electrons. The van der Waals surface area contributed by atoms with Crippen molar-refractivity contribution in [1.29, 1.82) is 0 Å². The maximum absolute atomic E-state index is 12.7. The van der Waals surface area contributed by atoms with Crippen LogP contribution in [0.2, 0.25) is 0 Å². The zero-order valence-corrected chi connectivity index (χ0v) is 15.3. The lowest BCUT2D eigenvalue weighted by Crippen LogP contribution is -2.13. The molecule has 3 aromatic rings. The van der Waals surface area contributed by atoms with E-state index >= 15 is 0 Å². The number of hydrogen-bond acceptors (Lipinski definition) is 4. The van der Waals surface area contributed by atoms with Gasteiger partial charge >= 0.3 is 0 Å². The molecule has 0 bridgehead atoms. The summed E-state index contributed by atoms with van der Waals surface area (Å²) in [5.41, 5.74) is 1.99. The van der Waals surface area contributed by atoms with E-state index in [0.717, 1.165) is 11.1 Å². The number of para-hydroxylation sites is 1. The van der Waals surface area contributed by atoms with E-state index in [9.17, 15) is 8.42 Å². The molecule has 0 aliphatic rings. The number of anilines is 1. The van der Waals surface area contributed by atoms with Crippen molar-refractivity contribution in [1.82, 2.24) is 0 Å². The van der Waals surface area contributed by atoms with Crippen LogP contribution in [0.5, 0.6) is 11.5 Å². The molecule has 0 aromatic heterocycles. The molecular formula is C20H19NO4S. The predicted octanol–water partition coefficient (Wildman–Crippen LogP) is 4.17.